The minimum Gasteiger partial charge on any atom is -0.457 e. The van der Waals surface area contributed by atoms with E-state index in [1.807, 2.05) is 43.3 Å². The summed E-state index contributed by atoms with van der Waals surface area (Å²) in [5.74, 6) is 2.44. The Hall–Kier alpha value is -1.66. The summed E-state index contributed by atoms with van der Waals surface area (Å²) >= 11 is 1.60. The van der Waals surface area contributed by atoms with Gasteiger partial charge in [0.25, 0.3) is 0 Å². The fraction of sp³-hybridized carbons (Fsp3) is 0.368. The fourth-order valence-corrected chi connectivity index (χ4v) is 5.74. The van der Waals surface area contributed by atoms with Crippen molar-refractivity contribution in [2.45, 2.75) is 25.9 Å². The zero-order valence-electron chi connectivity index (χ0n) is 15.9. The molecule has 1 aliphatic rings. The lowest BCUT2D eigenvalue weighted by Crippen LogP contribution is -2.44. The number of aromatic nitrogens is 1. The molecule has 3 heterocycles. The predicted molar refractivity (Wildman–Crippen MR) is 128 cm³/mol. The quantitative estimate of drug-likeness (QED) is 0.289. The molecule has 0 saturated carbocycles. The second-order valence-corrected chi connectivity index (χ2v) is 9.95. The molecule has 0 amide bonds. The lowest BCUT2D eigenvalue weighted by molar-refractivity contribution is 0.524. The minimum atomic E-state index is -2.93. The van der Waals surface area contributed by atoms with Crippen LogP contribution in [0.15, 0.2) is 45.8 Å². The van der Waals surface area contributed by atoms with Crippen molar-refractivity contribution in [3.63, 3.8) is 0 Å². The highest BCUT2D eigenvalue weighted by Gasteiger charge is 2.28. The Bertz CT molecular complexity index is 1070. The third kappa shape index (κ3) is 5.48. The van der Waals surface area contributed by atoms with Crippen molar-refractivity contribution < 1.29 is 12.8 Å². The first kappa shape index (κ1) is 22.0. The highest BCUT2D eigenvalue weighted by atomic mass is 127. The molecule has 0 spiro atoms. The van der Waals surface area contributed by atoms with E-state index < -0.39 is 9.84 Å². The predicted octanol–water partition coefficient (Wildman–Crippen LogP) is 3.42. The summed E-state index contributed by atoms with van der Waals surface area (Å²) in [5, 5.41) is 7.21. The molecule has 0 aliphatic carbocycles. The Labute approximate surface area is 191 Å². The van der Waals surface area contributed by atoms with Crippen LogP contribution in [0.4, 0.5) is 0 Å². The molecule has 0 bridgehead atoms. The van der Waals surface area contributed by atoms with Crippen molar-refractivity contribution in [1.82, 2.24) is 15.6 Å². The van der Waals surface area contributed by atoms with Gasteiger partial charge in [-0.2, -0.15) is 0 Å². The Balaban J connectivity index is 0.00000240. The average Bonchev–Trinajstić information content (AvgIpc) is 3.37. The maximum Gasteiger partial charge on any atom is 0.191 e. The summed E-state index contributed by atoms with van der Waals surface area (Å²) < 4.78 is 30.3. The second-order valence-electron chi connectivity index (χ2n) is 6.69. The summed E-state index contributed by atoms with van der Waals surface area (Å²) in [6.07, 6.45) is 0.606. The molecule has 156 valence electrons. The Morgan fingerprint density at radius 2 is 2.14 bits per heavy atom. The van der Waals surface area contributed by atoms with Gasteiger partial charge >= 0.3 is 0 Å². The number of fused-ring (bicyclic) bond motifs is 1. The largest absolute Gasteiger partial charge is 0.457 e. The number of para-hydroxylation sites is 1. The third-order valence-electron chi connectivity index (χ3n) is 4.48. The molecule has 1 fully saturated rings. The van der Waals surface area contributed by atoms with Crippen molar-refractivity contribution >= 4 is 61.3 Å². The summed E-state index contributed by atoms with van der Waals surface area (Å²) in [6.45, 7) is 3.03. The molecule has 0 radical (unpaired) electrons. The topological polar surface area (TPSA) is 96.6 Å². The molecule has 3 aromatic rings. The molecule has 4 rings (SSSR count). The molecule has 1 aliphatic heterocycles. The molecule has 1 saturated heterocycles. The molecular formula is C19H23IN4O3S2. The number of hydrogen-bond acceptors (Lipinski definition) is 6. The summed E-state index contributed by atoms with van der Waals surface area (Å²) in [6, 6.07) is 11.7. The van der Waals surface area contributed by atoms with E-state index in [0.29, 0.717) is 25.5 Å². The van der Waals surface area contributed by atoms with Gasteiger partial charge in [-0.25, -0.2) is 18.4 Å². The van der Waals surface area contributed by atoms with Crippen molar-refractivity contribution in [2.24, 2.45) is 4.99 Å². The van der Waals surface area contributed by atoms with Crippen LogP contribution in [0.25, 0.3) is 21.0 Å². The first-order valence-corrected chi connectivity index (χ1v) is 11.9. The van der Waals surface area contributed by atoms with Crippen molar-refractivity contribution in [2.75, 3.05) is 18.1 Å². The normalized spacial score (nSPS) is 18.5. The van der Waals surface area contributed by atoms with Crippen molar-refractivity contribution in [1.29, 1.82) is 0 Å². The summed E-state index contributed by atoms with van der Waals surface area (Å²) in [4.78, 5) is 9.14. The van der Waals surface area contributed by atoms with Gasteiger partial charge in [0.1, 0.15) is 12.3 Å². The molecule has 10 heteroatoms. The zero-order valence-corrected chi connectivity index (χ0v) is 19.9. The highest BCUT2D eigenvalue weighted by molar-refractivity contribution is 14.0. The highest BCUT2D eigenvalue weighted by Crippen LogP contribution is 2.31. The number of halogens is 1. The number of nitrogens with one attached hydrogen (secondary N) is 2. The molecule has 7 nitrogen and oxygen atoms in total. The zero-order chi connectivity index (χ0) is 19.6. The lowest BCUT2D eigenvalue weighted by Gasteiger charge is -2.15. The van der Waals surface area contributed by atoms with E-state index in [9.17, 15) is 8.42 Å². The second kappa shape index (κ2) is 9.43. The van der Waals surface area contributed by atoms with Crippen molar-refractivity contribution in [3.8, 4) is 10.8 Å². The number of sulfone groups is 1. The average molecular weight is 546 g/mol. The van der Waals surface area contributed by atoms with Crippen LogP contribution in [0.2, 0.25) is 0 Å². The van der Waals surface area contributed by atoms with Gasteiger partial charge in [-0.1, -0.05) is 12.1 Å². The van der Waals surface area contributed by atoms with E-state index >= 15 is 0 Å². The van der Waals surface area contributed by atoms with Crippen LogP contribution in [-0.4, -0.2) is 43.5 Å². The first-order chi connectivity index (χ1) is 13.5. The van der Waals surface area contributed by atoms with Crippen LogP contribution in [0, 0.1) is 0 Å². The summed E-state index contributed by atoms with van der Waals surface area (Å²) in [7, 11) is -2.93. The van der Waals surface area contributed by atoms with Crippen molar-refractivity contribution in [3.05, 3.63) is 42.2 Å². The fourth-order valence-electron chi connectivity index (χ4n) is 3.13. The van der Waals surface area contributed by atoms with Gasteiger partial charge in [-0.15, -0.1) is 35.3 Å². The molecule has 1 atom stereocenters. The number of rotatable bonds is 5. The van der Waals surface area contributed by atoms with Gasteiger partial charge in [0.05, 0.1) is 21.7 Å². The van der Waals surface area contributed by atoms with Crippen LogP contribution in [-0.2, 0) is 16.4 Å². The van der Waals surface area contributed by atoms with E-state index in [1.165, 1.54) is 0 Å². The molecule has 2 aromatic heterocycles. The maximum atomic E-state index is 11.6. The van der Waals surface area contributed by atoms with E-state index in [2.05, 4.69) is 20.6 Å². The molecule has 29 heavy (non-hydrogen) atoms. The maximum absolute atomic E-state index is 11.6. The van der Waals surface area contributed by atoms with E-state index in [-0.39, 0.29) is 41.5 Å². The minimum absolute atomic E-state index is 0. The molecular weight excluding hydrogens is 523 g/mol. The smallest absolute Gasteiger partial charge is 0.191 e. The monoisotopic (exact) mass is 546 g/mol. The van der Waals surface area contributed by atoms with Gasteiger partial charge in [-0.3, -0.25) is 0 Å². The van der Waals surface area contributed by atoms with Crippen LogP contribution in [0.3, 0.4) is 0 Å². The van der Waals surface area contributed by atoms with Crippen LogP contribution in [0.5, 0.6) is 0 Å². The Morgan fingerprint density at radius 3 is 2.86 bits per heavy atom. The number of hydrogen-bond donors (Lipinski definition) is 2. The first-order valence-electron chi connectivity index (χ1n) is 9.22. The number of nitrogens with zero attached hydrogens (tertiary/aromatic N) is 2. The van der Waals surface area contributed by atoms with Crippen LogP contribution < -0.4 is 10.6 Å². The number of benzene rings is 1. The Kier molecular flexibility index (Phi) is 7.17. The van der Waals surface area contributed by atoms with Gasteiger partial charge in [0.15, 0.2) is 26.6 Å². The third-order valence-corrected chi connectivity index (χ3v) is 7.30. The van der Waals surface area contributed by atoms with Gasteiger partial charge in [0, 0.05) is 12.6 Å². The van der Waals surface area contributed by atoms with Gasteiger partial charge in [-0.05, 0) is 37.6 Å². The van der Waals surface area contributed by atoms with E-state index in [1.54, 1.807) is 11.3 Å². The SMILES string of the molecule is CCNC(=NCc1ccc(-c2nc3ccccc3s2)o1)NC1CCS(=O)(=O)C1.I. The molecule has 2 N–H and O–H groups in total. The lowest BCUT2D eigenvalue weighted by atomic mass is 10.3. The number of guanidine groups is 1. The summed E-state index contributed by atoms with van der Waals surface area (Å²) in [5.41, 5.74) is 0.962. The van der Waals surface area contributed by atoms with Crippen LogP contribution in [0.1, 0.15) is 19.1 Å². The Morgan fingerprint density at radius 1 is 1.31 bits per heavy atom. The standard InChI is InChI=1S/C19H22N4O3S2.HI/c1-2-20-19(22-13-9-10-28(24,25)12-13)21-11-14-7-8-16(26-14)18-23-15-5-3-4-6-17(15)27-18;/h3-8,13H,2,9-12H2,1H3,(H2,20,21,22);1H. The van der Waals surface area contributed by atoms with E-state index in [4.69, 9.17) is 4.42 Å². The van der Waals surface area contributed by atoms with E-state index in [0.717, 1.165) is 26.7 Å². The molecule has 1 aromatic carbocycles. The number of thiazole rings is 1. The number of aliphatic imine (C=N–C) groups is 1. The van der Waals surface area contributed by atoms with Gasteiger partial charge in [0.2, 0.25) is 0 Å². The number of furan rings is 1. The van der Waals surface area contributed by atoms with Crippen LogP contribution >= 0.6 is 35.3 Å². The van der Waals surface area contributed by atoms with Gasteiger partial charge < -0.3 is 15.1 Å². The molecule has 1 unspecified atom stereocenters.